The minimum Gasteiger partial charge on any atom is -0.359 e. The van der Waals surface area contributed by atoms with E-state index in [1.807, 2.05) is 24.3 Å². The Balaban J connectivity index is 1.54. The molecule has 2 bridgehead atoms. The van der Waals surface area contributed by atoms with Crippen molar-refractivity contribution in [3.63, 3.8) is 0 Å². The summed E-state index contributed by atoms with van der Waals surface area (Å²) in [7, 11) is 0. The van der Waals surface area contributed by atoms with Crippen LogP contribution in [0.25, 0.3) is 0 Å². The van der Waals surface area contributed by atoms with Gasteiger partial charge in [-0.25, -0.2) is 0 Å². The Labute approximate surface area is 118 Å². The van der Waals surface area contributed by atoms with E-state index in [0.29, 0.717) is 6.04 Å². The average molecular weight is 281 g/mol. The first kappa shape index (κ1) is 12.2. The highest BCUT2D eigenvalue weighted by Gasteiger charge is 2.39. The van der Waals surface area contributed by atoms with Crippen LogP contribution in [-0.4, -0.2) is 11.2 Å². The lowest BCUT2D eigenvalue weighted by atomic mass is 9.96. The van der Waals surface area contributed by atoms with Gasteiger partial charge in [-0.3, -0.25) is 0 Å². The largest absolute Gasteiger partial charge is 0.359 e. The number of halogens is 1. The van der Waals surface area contributed by atoms with Crippen LogP contribution >= 0.6 is 23.8 Å². The van der Waals surface area contributed by atoms with Crippen LogP contribution in [-0.2, 0) is 0 Å². The van der Waals surface area contributed by atoms with Gasteiger partial charge in [0.15, 0.2) is 5.11 Å². The van der Waals surface area contributed by atoms with Crippen LogP contribution in [0.1, 0.15) is 25.7 Å². The molecule has 0 radical (unpaired) electrons. The maximum atomic E-state index is 5.85. The van der Waals surface area contributed by atoms with Crippen molar-refractivity contribution >= 4 is 34.6 Å². The molecule has 2 saturated carbocycles. The van der Waals surface area contributed by atoms with Gasteiger partial charge in [0, 0.05) is 16.8 Å². The average Bonchev–Trinajstić information content (AvgIpc) is 2.94. The minimum absolute atomic E-state index is 0.580. The first-order valence-corrected chi connectivity index (χ1v) is 7.32. The summed E-state index contributed by atoms with van der Waals surface area (Å²) in [6, 6.07) is 8.19. The van der Waals surface area contributed by atoms with E-state index in [-0.39, 0.29) is 0 Å². The molecule has 0 saturated heterocycles. The van der Waals surface area contributed by atoms with E-state index >= 15 is 0 Å². The second-order valence-electron chi connectivity index (χ2n) is 5.39. The van der Waals surface area contributed by atoms with Crippen LogP contribution in [0.15, 0.2) is 24.3 Å². The number of rotatable bonds is 2. The van der Waals surface area contributed by atoms with Crippen LogP contribution < -0.4 is 10.6 Å². The molecule has 2 nitrogen and oxygen atoms in total. The van der Waals surface area contributed by atoms with Gasteiger partial charge in [-0.1, -0.05) is 18.0 Å². The summed E-state index contributed by atoms with van der Waals surface area (Å²) in [4.78, 5) is 0. The van der Waals surface area contributed by atoms with Crippen LogP contribution in [0.4, 0.5) is 5.69 Å². The third-order valence-corrected chi connectivity index (χ3v) is 4.63. The molecule has 0 heterocycles. The summed E-state index contributed by atoms with van der Waals surface area (Å²) in [6.45, 7) is 0. The molecule has 1 aromatic carbocycles. The van der Waals surface area contributed by atoms with Crippen LogP contribution in [0.5, 0.6) is 0 Å². The summed E-state index contributed by atoms with van der Waals surface area (Å²) in [5.41, 5.74) is 0.986. The molecule has 2 N–H and O–H groups in total. The number of thiocarbonyl (C=S) groups is 1. The second-order valence-corrected chi connectivity index (χ2v) is 6.23. The Morgan fingerprint density at radius 3 is 2.56 bits per heavy atom. The molecule has 18 heavy (non-hydrogen) atoms. The number of hydrogen-bond donors (Lipinski definition) is 2. The van der Waals surface area contributed by atoms with Gasteiger partial charge in [0.05, 0.1) is 0 Å². The van der Waals surface area contributed by atoms with Crippen molar-refractivity contribution in [2.45, 2.75) is 31.7 Å². The van der Waals surface area contributed by atoms with Gasteiger partial charge in [0.1, 0.15) is 0 Å². The third-order valence-electron chi connectivity index (χ3n) is 4.16. The molecule has 96 valence electrons. The van der Waals surface area contributed by atoms with Crippen molar-refractivity contribution in [1.29, 1.82) is 0 Å². The van der Waals surface area contributed by atoms with Crippen molar-refractivity contribution in [1.82, 2.24) is 5.32 Å². The van der Waals surface area contributed by atoms with Crippen LogP contribution in [0.3, 0.4) is 0 Å². The summed E-state index contributed by atoms with van der Waals surface area (Å²) < 4.78 is 0. The van der Waals surface area contributed by atoms with Crippen LogP contribution in [0.2, 0.25) is 5.02 Å². The fourth-order valence-electron chi connectivity index (χ4n) is 3.29. The monoisotopic (exact) mass is 280 g/mol. The molecule has 0 aromatic heterocycles. The maximum Gasteiger partial charge on any atom is 0.171 e. The Hall–Kier alpha value is -0.800. The molecular weight excluding hydrogens is 264 g/mol. The fourth-order valence-corrected chi connectivity index (χ4v) is 3.69. The number of fused-ring (bicyclic) bond motifs is 2. The number of benzene rings is 1. The minimum atomic E-state index is 0.580. The van der Waals surface area contributed by atoms with Crippen molar-refractivity contribution in [3.8, 4) is 0 Å². The molecule has 2 fully saturated rings. The quantitative estimate of drug-likeness (QED) is 0.806. The molecule has 1 aromatic rings. The molecular formula is C14H17ClN2S. The summed E-state index contributed by atoms with van der Waals surface area (Å²) >= 11 is 11.2. The van der Waals surface area contributed by atoms with E-state index in [2.05, 4.69) is 10.6 Å². The van der Waals surface area contributed by atoms with E-state index in [1.165, 1.54) is 25.7 Å². The molecule has 2 aliphatic carbocycles. The van der Waals surface area contributed by atoms with E-state index in [9.17, 15) is 0 Å². The smallest absolute Gasteiger partial charge is 0.171 e. The lowest BCUT2D eigenvalue weighted by molar-refractivity contribution is 0.392. The first-order valence-electron chi connectivity index (χ1n) is 6.54. The summed E-state index contributed by atoms with van der Waals surface area (Å²) in [5, 5.41) is 8.15. The van der Waals surface area contributed by atoms with Crippen molar-refractivity contribution in [2.24, 2.45) is 11.8 Å². The maximum absolute atomic E-state index is 5.85. The Bertz CT molecular complexity index is 446. The molecule has 3 atom stereocenters. The van der Waals surface area contributed by atoms with Gasteiger partial charge in [-0.2, -0.15) is 0 Å². The van der Waals surface area contributed by atoms with E-state index in [1.54, 1.807) is 0 Å². The fraction of sp³-hybridized carbons (Fsp3) is 0.500. The second kappa shape index (κ2) is 5.06. The highest BCUT2D eigenvalue weighted by molar-refractivity contribution is 7.80. The summed E-state index contributed by atoms with van der Waals surface area (Å²) in [6.07, 6.45) is 5.46. The lowest BCUT2D eigenvalue weighted by Gasteiger charge is -2.24. The Kier molecular flexibility index (Phi) is 3.44. The molecule has 0 amide bonds. The van der Waals surface area contributed by atoms with Gasteiger partial charge in [-0.15, -0.1) is 0 Å². The van der Waals surface area contributed by atoms with E-state index in [4.69, 9.17) is 23.8 Å². The summed E-state index contributed by atoms with van der Waals surface area (Å²) in [5.74, 6) is 1.77. The molecule has 0 unspecified atom stereocenters. The first-order chi connectivity index (χ1) is 8.70. The Morgan fingerprint density at radius 1 is 1.17 bits per heavy atom. The number of anilines is 1. The van der Waals surface area contributed by atoms with E-state index < -0.39 is 0 Å². The highest BCUT2D eigenvalue weighted by Crippen LogP contribution is 2.44. The lowest BCUT2D eigenvalue weighted by Crippen LogP contribution is -2.40. The van der Waals surface area contributed by atoms with Gasteiger partial charge < -0.3 is 10.6 Å². The zero-order chi connectivity index (χ0) is 12.5. The number of hydrogen-bond acceptors (Lipinski definition) is 1. The Morgan fingerprint density at radius 2 is 1.94 bits per heavy atom. The SMILES string of the molecule is S=C(Nc1ccc(Cl)cc1)N[C@H]1C[C@H]2CC[C@@H]1C2. The topological polar surface area (TPSA) is 24.1 Å². The molecule has 3 rings (SSSR count). The van der Waals surface area contributed by atoms with Crippen molar-refractivity contribution in [2.75, 3.05) is 5.32 Å². The van der Waals surface area contributed by atoms with Crippen molar-refractivity contribution < 1.29 is 0 Å². The molecule has 2 aliphatic rings. The van der Waals surface area contributed by atoms with Gasteiger partial charge in [-0.05, 0) is 67.6 Å². The van der Waals surface area contributed by atoms with Crippen molar-refractivity contribution in [3.05, 3.63) is 29.3 Å². The van der Waals surface area contributed by atoms with Gasteiger partial charge in [0.25, 0.3) is 0 Å². The normalized spacial score (nSPS) is 29.3. The highest BCUT2D eigenvalue weighted by atomic mass is 35.5. The van der Waals surface area contributed by atoms with Crippen LogP contribution in [0, 0.1) is 11.8 Å². The van der Waals surface area contributed by atoms with Gasteiger partial charge in [0.2, 0.25) is 0 Å². The zero-order valence-electron chi connectivity index (χ0n) is 10.2. The third kappa shape index (κ3) is 2.62. The van der Waals surface area contributed by atoms with E-state index in [0.717, 1.165) is 27.7 Å². The molecule has 4 heteroatoms. The van der Waals surface area contributed by atoms with Gasteiger partial charge >= 0.3 is 0 Å². The molecule has 0 aliphatic heterocycles. The predicted octanol–water partition coefficient (Wildman–Crippen LogP) is 3.82. The number of nitrogens with one attached hydrogen (secondary N) is 2. The standard InChI is InChI=1S/C14H17ClN2S/c15-11-3-5-12(6-4-11)16-14(18)17-13-8-9-1-2-10(13)7-9/h3-6,9-10,13H,1-2,7-8H2,(H2,16,17,18)/t9-,10+,13-/m0/s1. The predicted molar refractivity (Wildman–Crippen MR) is 80.0 cm³/mol. The zero-order valence-corrected chi connectivity index (χ0v) is 11.7. The molecule has 0 spiro atoms.